The van der Waals surface area contributed by atoms with Crippen molar-refractivity contribution in [2.45, 2.75) is 66.9 Å². The maximum absolute atomic E-state index is 13.9. The van der Waals surface area contributed by atoms with E-state index in [-0.39, 0.29) is 24.6 Å². The van der Waals surface area contributed by atoms with Crippen LogP contribution in [0.2, 0.25) is 0 Å². The van der Waals surface area contributed by atoms with E-state index < -0.39 is 34.2 Å². The van der Waals surface area contributed by atoms with Gasteiger partial charge in [-0.3, -0.25) is 20.2 Å². The Hall–Kier alpha value is -1.04. The highest BCUT2D eigenvalue weighted by Gasteiger charge is 2.44. The molecule has 0 saturated carbocycles. The molecule has 0 radical (unpaired) electrons. The molecule has 0 aromatic heterocycles. The Kier molecular flexibility index (Phi) is 6.88. The number of rotatable bonds is 4. The maximum atomic E-state index is 13.9. The highest BCUT2D eigenvalue weighted by atomic mass is 32.2. The standard InChI is InChI=1S/C16H25FN4O4S2/c1-7(2)25-16(24)21-12(22)8-6-10(17)27-14(8)20-13(23)15-19-11-9(26-15)4-3-5-18-11/h7-11,14-15,18-19H,3-6H2,1-2H3,(H,20,23)(H,21,22,24). The van der Waals surface area contributed by atoms with Crippen LogP contribution in [0.3, 0.4) is 0 Å². The number of hydrogen-bond donors (Lipinski definition) is 4. The third kappa shape index (κ3) is 5.27. The van der Waals surface area contributed by atoms with Gasteiger partial charge in [-0.1, -0.05) is 11.8 Å². The molecular formula is C16H25FN4O4S2. The minimum atomic E-state index is -1.28. The number of carbonyl (C=O) groups is 3. The van der Waals surface area contributed by atoms with Gasteiger partial charge in [0.25, 0.3) is 0 Å². The molecule has 0 bridgehead atoms. The van der Waals surface area contributed by atoms with Crippen LogP contribution < -0.4 is 21.3 Å². The Balaban J connectivity index is 1.55. The van der Waals surface area contributed by atoms with Crippen LogP contribution >= 0.6 is 23.5 Å². The molecule has 4 N–H and O–H groups in total. The zero-order valence-electron chi connectivity index (χ0n) is 15.2. The highest BCUT2D eigenvalue weighted by molar-refractivity contribution is 8.01. The lowest BCUT2D eigenvalue weighted by Gasteiger charge is -2.24. The molecular weight excluding hydrogens is 395 g/mol. The van der Waals surface area contributed by atoms with Crippen LogP contribution in [0.4, 0.5) is 9.18 Å². The van der Waals surface area contributed by atoms with Crippen LogP contribution in [0.25, 0.3) is 0 Å². The Morgan fingerprint density at radius 2 is 2.00 bits per heavy atom. The largest absolute Gasteiger partial charge is 0.447 e. The zero-order valence-corrected chi connectivity index (χ0v) is 16.8. The van der Waals surface area contributed by atoms with Crippen molar-refractivity contribution in [1.29, 1.82) is 0 Å². The minimum absolute atomic E-state index is 0.0611. The Bertz CT molecular complexity index is 583. The molecule has 0 spiro atoms. The fraction of sp³-hybridized carbons (Fsp3) is 0.812. The molecule has 0 aliphatic carbocycles. The molecule has 3 rings (SSSR count). The molecule has 27 heavy (non-hydrogen) atoms. The van der Waals surface area contributed by atoms with E-state index in [0.29, 0.717) is 5.25 Å². The summed E-state index contributed by atoms with van der Waals surface area (Å²) in [7, 11) is 0. The lowest BCUT2D eigenvalue weighted by atomic mass is 10.1. The third-order valence-corrected chi connectivity index (χ3v) is 7.28. The molecule has 6 unspecified atom stereocenters. The summed E-state index contributed by atoms with van der Waals surface area (Å²) in [5.41, 5.74) is -1.28. The molecule has 3 heterocycles. The van der Waals surface area contributed by atoms with E-state index in [1.807, 2.05) is 0 Å². The summed E-state index contributed by atoms with van der Waals surface area (Å²) in [4.78, 5) is 36.6. The van der Waals surface area contributed by atoms with Gasteiger partial charge >= 0.3 is 6.09 Å². The first-order chi connectivity index (χ1) is 12.8. The molecule has 0 aromatic rings. The molecule has 0 aromatic carbocycles. The van der Waals surface area contributed by atoms with E-state index in [2.05, 4.69) is 21.3 Å². The van der Waals surface area contributed by atoms with Crippen molar-refractivity contribution in [1.82, 2.24) is 21.3 Å². The van der Waals surface area contributed by atoms with Crippen molar-refractivity contribution in [3.05, 3.63) is 0 Å². The monoisotopic (exact) mass is 420 g/mol. The van der Waals surface area contributed by atoms with E-state index in [0.717, 1.165) is 31.1 Å². The van der Waals surface area contributed by atoms with Crippen LogP contribution in [-0.2, 0) is 14.3 Å². The number of imide groups is 1. The van der Waals surface area contributed by atoms with Gasteiger partial charge in [-0.15, -0.1) is 11.8 Å². The van der Waals surface area contributed by atoms with Crippen molar-refractivity contribution in [2.75, 3.05) is 6.54 Å². The number of alkyl carbamates (subject to hydrolysis) is 1. The second-order valence-corrected chi connectivity index (χ2v) is 9.70. The van der Waals surface area contributed by atoms with Crippen molar-refractivity contribution in [3.63, 3.8) is 0 Å². The summed E-state index contributed by atoms with van der Waals surface area (Å²) in [6, 6.07) is 0. The smallest absolute Gasteiger partial charge is 0.414 e. The first kappa shape index (κ1) is 20.7. The third-order valence-electron chi connectivity index (χ3n) is 4.57. The number of amides is 3. The first-order valence-electron chi connectivity index (χ1n) is 9.09. The van der Waals surface area contributed by atoms with Crippen LogP contribution in [0.15, 0.2) is 0 Å². The van der Waals surface area contributed by atoms with Gasteiger partial charge in [0.2, 0.25) is 11.8 Å². The van der Waals surface area contributed by atoms with Crippen LogP contribution in [-0.4, -0.2) is 58.2 Å². The maximum Gasteiger partial charge on any atom is 0.414 e. The summed E-state index contributed by atoms with van der Waals surface area (Å²) < 4.78 is 18.8. The molecule has 11 heteroatoms. The number of piperidine rings is 1. The number of ether oxygens (including phenoxy) is 1. The highest BCUT2D eigenvalue weighted by Crippen LogP contribution is 2.39. The van der Waals surface area contributed by atoms with Gasteiger partial charge in [0.15, 0.2) is 0 Å². The Morgan fingerprint density at radius 3 is 2.70 bits per heavy atom. The second-order valence-electron chi connectivity index (χ2n) is 7.06. The van der Waals surface area contributed by atoms with E-state index in [1.54, 1.807) is 25.6 Å². The summed E-state index contributed by atoms with van der Waals surface area (Å²) in [5.74, 6) is -1.74. The first-order valence-corrected chi connectivity index (χ1v) is 11.0. The zero-order chi connectivity index (χ0) is 19.6. The number of carbonyl (C=O) groups excluding carboxylic acids is 3. The van der Waals surface area contributed by atoms with Gasteiger partial charge in [-0.05, 0) is 33.2 Å². The lowest BCUT2D eigenvalue weighted by molar-refractivity contribution is -0.125. The van der Waals surface area contributed by atoms with Crippen molar-refractivity contribution in [3.8, 4) is 0 Å². The van der Waals surface area contributed by atoms with Gasteiger partial charge < -0.3 is 15.4 Å². The number of fused-ring (bicyclic) bond motifs is 1. The van der Waals surface area contributed by atoms with E-state index >= 15 is 0 Å². The number of thioether (sulfide) groups is 2. The van der Waals surface area contributed by atoms with Crippen molar-refractivity contribution < 1.29 is 23.5 Å². The molecule has 8 nitrogen and oxygen atoms in total. The summed E-state index contributed by atoms with van der Waals surface area (Å²) in [5, 5.41) is 10.6. The Labute approximate surface area is 165 Å². The lowest BCUT2D eigenvalue weighted by Crippen LogP contribution is -2.52. The summed E-state index contributed by atoms with van der Waals surface area (Å²) in [6.07, 6.45) is 0.898. The van der Waals surface area contributed by atoms with Crippen molar-refractivity contribution >= 4 is 41.4 Å². The van der Waals surface area contributed by atoms with Gasteiger partial charge in [0.05, 0.1) is 23.6 Å². The average molecular weight is 421 g/mol. The second kappa shape index (κ2) is 8.97. The number of halogens is 1. The van der Waals surface area contributed by atoms with E-state index in [1.165, 1.54) is 0 Å². The Morgan fingerprint density at radius 1 is 1.22 bits per heavy atom. The fourth-order valence-corrected chi connectivity index (χ4v) is 6.00. The summed E-state index contributed by atoms with van der Waals surface area (Å²) >= 11 is 2.44. The van der Waals surface area contributed by atoms with Crippen molar-refractivity contribution in [2.24, 2.45) is 5.92 Å². The van der Waals surface area contributed by atoms with Crippen LogP contribution in [0, 0.1) is 5.92 Å². The van der Waals surface area contributed by atoms with E-state index in [9.17, 15) is 18.8 Å². The topological polar surface area (TPSA) is 109 Å². The van der Waals surface area contributed by atoms with E-state index in [4.69, 9.17) is 4.74 Å². The normalized spacial score (nSPS) is 35.6. The van der Waals surface area contributed by atoms with Crippen LogP contribution in [0.1, 0.15) is 33.1 Å². The number of nitrogens with one attached hydrogen (secondary N) is 4. The molecule has 3 amide bonds. The predicted octanol–water partition coefficient (Wildman–Crippen LogP) is 0.879. The molecule has 3 aliphatic rings. The quantitative estimate of drug-likeness (QED) is 0.531. The molecule has 6 atom stereocenters. The van der Waals surface area contributed by atoms with Gasteiger partial charge in [0, 0.05) is 11.7 Å². The summed E-state index contributed by atoms with van der Waals surface area (Å²) in [6.45, 7) is 4.24. The molecule has 3 aliphatic heterocycles. The molecule has 3 fully saturated rings. The average Bonchev–Trinajstić information content (AvgIpc) is 3.17. The fourth-order valence-electron chi connectivity index (χ4n) is 3.35. The van der Waals surface area contributed by atoms with Crippen LogP contribution in [0.5, 0.6) is 0 Å². The number of alkyl halides is 1. The molecule has 3 saturated heterocycles. The SMILES string of the molecule is CC(C)OC(=O)NC(=O)C1CC(F)SC1NC(=O)C1NC2NCCCC2S1. The molecule has 152 valence electrons. The van der Waals surface area contributed by atoms with Gasteiger partial charge in [0.1, 0.15) is 10.9 Å². The van der Waals surface area contributed by atoms with Gasteiger partial charge in [-0.2, -0.15) is 0 Å². The number of hydrogen-bond acceptors (Lipinski definition) is 8. The predicted molar refractivity (Wildman–Crippen MR) is 102 cm³/mol. The van der Waals surface area contributed by atoms with Gasteiger partial charge in [-0.25, -0.2) is 9.18 Å². The minimum Gasteiger partial charge on any atom is -0.447 e.